The minimum absolute atomic E-state index is 0.00804. The van der Waals surface area contributed by atoms with E-state index in [4.69, 9.17) is 20.3 Å². The van der Waals surface area contributed by atoms with Crippen LogP contribution in [0.3, 0.4) is 0 Å². The van der Waals surface area contributed by atoms with Crippen LogP contribution in [0.15, 0.2) is 42.5 Å². The van der Waals surface area contributed by atoms with Crippen LogP contribution in [-0.2, 0) is 17.6 Å². The van der Waals surface area contributed by atoms with Crippen LogP contribution in [0, 0.1) is 0 Å². The third-order valence-electron chi connectivity index (χ3n) is 5.85. The fraction of sp³-hybridized carbons (Fsp3) is 0.360. The van der Waals surface area contributed by atoms with Gasteiger partial charge < -0.3 is 35.7 Å². The van der Waals surface area contributed by atoms with Gasteiger partial charge in [0.15, 0.2) is 0 Å². The topological polar surface area (TPSA) is 147 Å². The van der Waals surface area contributed by atoms with Gasteiger partial charge in [0.1, 0.15) is 36.0 Å². The lowest BCUT2D eigenvalue weighted by molar-refractivity contribution is -0.136. The zero-order valence-electron chi connectivity index (χ0n) is 18.8. The number of H-pyrrole nitrogens is 1. The molecule has 1 aliphatic rings. The van der Waals surface area contributed by atoms with Crippen molar-refractivity contribution >= 4 is 22.8 Å². The SMILES string of the molecule is NC(=O)c1cc2c(OCC(O)CNCC3CCc4cc(CCC(=O)O)ccc4O3)cccc2[nH]1. The number of aromatic amines is 1. The summed E-state index contributed by atoms with van der Waals surface area (Å²) in [6.45, 7) is 1.03. The summed E-state index contributed by atoms with van der Waals surface area (Å²) in [6, 6.07) is 12.9. The van der Waals surface area contributed by atoms with Gasteiger partial charge in [-0.05, 0) is 54.7 Å². The van der Waals surface area contributed by atoms with Crippen LogP contribution in [0.5, 0.6) is 11.5 Å². The molecule has 0 spiro atoms. The summed E-state index contributed by atoms with van der Waals surface area (Å²) >= 11 is 0. The van der Waals surface area contributed by atoms with Crippen LogP contribution in [0.2, 0.25) is 0 Å². The Morgan fingerprint density at radius 2 is 2.12 bits per heavy atom. The van der Waals surface area contributed by atoms with Crippen molar-refractivity contribution in [2.75, 3.05) is 19.7 Å². The molecule has 0 fully saturated rings. The Labute approximate surface area is 196 Å². The second-order valence-electron chi connectivity index (χ2n) is 8.50. The average Bonchev–Trinajstić information content (AvgIpc) is 3.27. The molecule has 0 saturated carbocycles. The number of primary amides is 1. The molecule has 34 heavy (non-hydrogen) atoms. The third kappa shape index (κ3) is 5.86. The summed E-state index contributed by atoms with van der Waals surface area (Å²) < 4.78 is 11.8. The van der Waals surface area contributed by atoms with E-state index in [2.05, 4.69) is 10.3 Å². The van der Waals surface area contributed by atoms with Crippen molar-refractivity contribution in [1.29, 1.82) is 0 Å². The Kier molecular flexibility index (Phi) is 7.34. The number of aliphatic carboxylic acids is 1. The van der Waals surface area contributed by atoms with Gasteiger partial charge in [-0.15, -0.1) is 0 Å². The number of fused-ring (bicyclic) bond motifs is 2. The summed E-state index contributed by atoms with van der Waals surface area (Å²) in [7, 11) is 0. The van der Waals surface area contributed by atoms with Crippen molar-refractivity contribution in [3.63, 3.8) is 0 Å². The molecule has 1 amide bonds. The molecule has 2 unspecified atom stereocenters. The minimum atomic E-state index is -0.800. The Morgan fingerprint density at radius 3 is 2.91 bits per heavy atom. The molecule has 2 aromatic carbocycles. The molecule has 4 rings (SSSR count). The van der Waals surface area contributed by atoms with E-state index in [1.807, 2.05) is 24.3 Å². The number of nitrogens with one attached hydrogen (secondary N) is 2. The first-order valence-electron chi connectivity index (χ1n) is 11.3. The third-order valence-corrected chi connectivity index (χ3v) is 5.85. The second kappa shape index (κ2) is 10.6. The smallest absolute Gasteiger partial charge is 0.303 e. The first-order valence-corrected chi connectivity index (χ1v) is 11.3. The molecule has 180 valence electrons. The number of benzene rings is 2. The zero-order chi connectivity index (χ0) is 24.1. The maximum atomic E-state index is 11.4. The van der Waals surface area contributed by atoms with Crippen molar-refractivity contribution in [3.8, 4) is 11.5 Å². The molecule has 0 aliphatic carbocycles. The molecule has 0 radical (unpaired) electrons. The molecule has 2 atom stereocenters. The van der Waals surface area contributed by atoms with E-state index in [1.165, 1.54) is 0 Å². The summed E-state index contributed by atoms with van der Waals surface area (Å²) in [5.74, 6) is 0.0511. The molecule has 9 heteroatoms. The number of carboxylic acids is 1. The van der Waals surface area contributed by atoms with Gasteiger partial charge in [0.25, 0.3) is 5.91 Å². The first kappa shape index (κ1) is 23.6. The maximum absolute atomic E-state index is 11.4. The predicted octanol–water partition coefficient (Wildman–Crippen LogP) is 2.01. The normalized spacial score (nSPS) is 16.0. The standard InChI is InChI=1S/C25H29N3O6/c26-25(32)21-11-19-20(28-21)2-1-3-23(19)33-14-17(29)12-27-13-18-7-6-16-10-15(5-9-24(30)31)4-8-22(16)34-18/h1-4,8,10-11,17-18,27-29H,5-7,9,12-14H2,(H2,26,32)(H,30,31). The van der Waals surface area contributed by atoms with Gasteiger partial charge in [0.2, 0.25) is 0 Å². The highest BCUT2D eigenvalue weighted by Gasteiger charge is 2.20. The molecule has 0 saturated heterocycles. The zero-order valence-corrected chi connectivity index (χ0v) is 18.8. The second-order valence-corrected chi connectivity index (χ2v) is 8.50. The largest absolute Gasteiger partial charge is 0.490 e. The number of carboxylic acid groups (broad SMARTS) is 1. The van der Waals surface area contributed by atoms with Gasteiger partial charge >= 0.3 is 5.97 Å². The summed E-state index contributed by atoms with van der Waals surface area (Å²) in [5, 5.41) is 23.1. The Hall–Kier alpha value is -3.56. The number of carbonyl (C=O) groups excluding carboxylic acids is 1. The number of nitrogens with two attached hydrogens (primary N) is 1. The van der Waals surface area contributed by atoms with Gasteiger partial charge in [0, 0.05) is 30.4 Å². The first-order chi connectivity index (χ1) is 16.4. The molecule has 9 nitrogen and oxygen atoms in total. The Morgan fingerprint density at radius 1 is 1.26 bits per heavy atom. The number of hydrogen-bond donors (Lipinski definition) is 5. The number of rotatable bonds is 11. The molecular weight excluding hydrogens is 438 g/mol. The number of hydrogen-bond acceptors (Lipinski definition) is 6. The Bertz CT molecular complexity index is 1170. The lowest BCUT2D eigenvalue weighted by Gasteiger charge is -2.27. The van der Waals surface area contributed by atoms with Crippen molar-refractivity contribution in [2.24, 2.45) is 5.73 Å². The van der Waals surface area contributed by atoms with Gasteiger partial charge in [-0.3, -0.25) is 9.59 Å². The fourth-order valence-electron chi connectivity index (χ4n) is 4.09. The lowest BCUT2D eigenvalue weighted by Crippen LogP contribution is -2.39. The van der Waals surface area contributed by atoms with E-state index in [-0.39, 0.29) is 19.1 Å². The van der Waals surface area contributed by atoms with E-state index in [0.717, 1.165) is 40.6 Å². The molecule has 0 bridgehead atoms. The highest BCUT2D eigenvalue weighted by Crippen LogP contribution is 2.29. The quantitative estimate of drug-likeness (QED) is 0.290. The van der Waals surface area contributed by atoms with Crippen LogP contribution >= 0.6 is 0 Å². The van der Waals surface area contributed by atoms with E-state index < -0.39 is 18.0 Å². The summed E-state index contributed by atoms with van der Waals surface area (Å²) in [5.41, 5.74) is 8.48. The molecule has 6 N–H and O–H groups in total. The summed E-state index contributed by atoms with van der Waals surface area (Å²) in [4.78, 5) is 25.1. The van der Waals surface area contributed by atoms with E-state index in [9.17, 15) is 14.7 Å². The van der Waals surface area contributed by atoms with Crippen LogP contribution in [0.1, 0.15) is 34.5 Å². The molecule has 3 aromatic rings. The average molecular weight is 468 g/mol. The van der Waals surface area contributed by atoms with Crippen molar-refractivity contribution in [2.45, 2.75) is 37.9 Å². The van der Waals surface area contributed by atoms with Gasteiger partial charge in [-0.1, -0.05) is 18.2 Å². The van der Waals surface area contributed by atoms with E-state index in [1.54, 1.807) is 18.2 Å². The predicted molar refractivity (Wildman–Crippen MR) is 126 cm³/mol. The number of aliphatic hydroxyl groups excluding tert-OH is 1. The van der Waals surface area contributed by atoms with E-state index >= 15 is 0 Å². The minimum Gasteiger partial charge on any atom is -0.490 e. The maximum Gasteiger partial charge on any atom is 0.303 e. The van der Waals surface area contributed by atoms with E-state index in [0.29, 0.717) is 31.0 Å². The highest BCUT2D eigenvalue weighted by molar-refractivity contribution is 5.98. The Balaban J connectivity index is 1.22. The van der Waals surface area contributed by atoms with Crippen molar-refractivity contribution in [1.82, 2.24) is 10.3 Å². The monoisotopic (exact) mass is 467 g/mol. The van der Waals surface area contributed by atoms with Crippen LogP contribution in [0.4, 0.5) is 0 Å². The van der Waals surface area contributed by atoms with Crippen LogP contribution in [-0.4, -0.2) is 59.0 Å². The fourth-order valence-corrected chi connectivity index (χ4v) is 4.09. The number of amides is 1. The molecular formula is C25H29N3O6. The molecule has 2 heterocycles. The van der Waals surface area contributed by atoms with Gasteiger partial charge in [-0.2, -0.15) is 0 Å². The lowest BCUT2D eigenvalue weighted by atomic mass is 9.98. The number of aryl methyl sites for hydroxylation is 2. The van der Waals surface area contributed by atoms with Gasteiger partial charge in [0.05, 0.1) is 0 Å². The number of carbonyl (C=O) groups is 2. The van der Waals surface area contributed by atoms with Crippen molar-refractivity contribution < 1.29 is 29.3 Å². The summed E-state index contributed by atoms with van der Waals surface area (Å²) in [6.07, 6.45) is 1.60. The van der Waals surface area contributed by atoms with Crippen molar-refractivity contribution in [3.05, 3.63) is 59.3 Å². The van der Waals surface area contributed by atoms with Crippen LogP contribution in [0.25, 0.3) is 10.9 Å². The molecule has 1 aromatic heterocycles. The number of aliphatic hydroxyl groups is 1. The highest BCUT2D eigenvalue weighted by atomic mass is 16.5. The van der Waals surface area contributed by atoms with Crippen LogP contribution < -0.4 is 20.5 Å². The number of aromatic nitrogens is 1. The van der Waals surface area contributed by atoms with Gasteiger partial charge in [-0.25, -0.2) is 0 Å². The molecule has 1 aliphatic heterocycles. The number of ether oxygens (including phenoxy) is 2.